The number of carboxylic acid groups (broad SMARTS) is 1. The van der Waals surface area contributed by atoms with Crippen molar-refractivity contribution < 1.29 is 20.2 Å². The van der Waals surface area contributed by atoms with Crippen LogP contribution in [0, 0.1) is 10.1 Å². The van der Waals surface area contributed by atoms with Crippen molar-refractivity contribution in [2.45, 2.75) is 12.5 Å². The second kappa shape index (κ2) is 7.18. The molecule has 0 heterocycles. The zero-order valence-electron chi connectivity index (χ0n) is 8.31. The Bertz CT molecular complexity index is 337. The van der Waals surface area contributed by atoms with Gasteiger partial charge >= 0.3 is 5.97 Å². The summed E-state index contributed by atoms with van der Waals surface area (Å²) in [4.78, 5) is 18.7. The van der Waals surface area contributed by atoms with Crippen molar-refractivity contribution in [3.8, 4) is 0 Å². The van der Waals surface area contributed by atoms with Gasteiger partial charge in [-0.2, -0.15) is 0 Å². The highest BCUT2D eigenvalue weighted by Crippen LogP contribution is 2.01. The zero-order valence-corrected chi connectivity index (χ0v) is 8.31. The fourth-order valence-corrected chi connectivity index (χ4v) is 0.955. The molecule has 1 aromatic rings. The SMILES string of the molecule is NC(Cc1ccccc1)C(=O)O.O=[N+]([O-])O. The number of carbonyl (C=O) groups is 1. The van der Waals surface area contributed by atoms with Crippen molar-refractivity contribution in [2.75, 3.05) is 0 Å². The molecule has 4 N–H and O–H groups in total. The van der Waals surface area contributed by atoms with Crippen LogP contribution >= 0.6 is 0 Å². The third-order valence-corrected chi connectivity index (χ3v) is 1.62. The van der Waals surface area contributed by atoms with Crippen LogP contribution in [0.2, 0.25) is 0 Å². The van der Waals surface area contributed by atoms with E-state index in [4.69, 9.17) is 26.2 Å². The maximum atomic E-state index is 10.4. The molecule has 1 rings (SSSR count). The van der Waals surface area contributed by atoms with Crippen molar-refractivity contribution in [3.63, 3.8) is 0 Å². The quantitative estimate of drug-likeness (QED) is 0.504. The number of hydrogen-bond donors (Lipinski definition) is 3. The van der Waals surface area contributed by atoms with Gasteiger partial charge in [0.15, 0.2) is 0 Å². The Morgan fingerprint density at radius 1 is 1.44 bits per heavy atom. The lowest BCUT2D eigenvalue weighted by molar-refractivity contribution is -0.742. The first kappa shape index (κ1) is 13.8. The van der Waals surface area contributed by atoms with E-state index in [-0.39, 0.29) is 0 Å². The number of rotatable bonds is 3. The van der Waals surface area contributed by atoms with Crippen LogP contribution in [0.5, 0.6) is 0 Å². The predicted octanol–water partition coefficient (Wildman–Crippen LogP) is 0.293. The highest BCUT2D eigenvalue weighted by molar-refractivity contribution is 5.73. The van der Waals surface area contributed by atoms with E-state index >= 15 is 0 Å². The van der Waals surface area contributed by atoms with Gasteiger partial charge in [-0.1, -0.05) is 30.3 Å². The minimum atomic E-state index is -1.50. The Morgan fingerprint density at radius 3 is 2.25 bits per heavy atom. The van der Waals surface area contributed by atoms with Gasteiger partial charge in [-0.05, 0) is 12.0 Å². The molecule has 0 aliphatic heterocycles. The van der Waals surface area contributed by atoms with Gasteiger partial charge in [-0.25, -0.2) is 0 Å². The van der Waals surface area contributed by atoms with Crippen LogP contribution in [0.4, 0.5) is 0 Å². The molecular weight excluding hydrogens is 216 g/mol. The second-order valence-corrected chi connectivity index (χ2v) is 2.87. The van der Waals surface area contributed by atoms with Gasteiger partial charge < -0.3 is 16.0 Å². The lowest BCUT2D eigenvalue weighted by Crippen LogP contribution is -2.32. The summed E-state index contributed by atoms with van der Waals surface area (Å²) in [6.07, 6.45) is 0.385. The van der Waals surface area contributed by atoms with E-state index in [9.17, 15) is 4.79 Å². The Morgan fingerprint density at radius 2 is 1.88 bits per heavy atom. The molecule has 7 heteroatoms. The largest absolute Gasteiger partial charge is 0.480 e. The fourth-order valence-electron chi connectivity index (χ4n) is 0.955. The average molecular weight is 228 g/mol. The average Bonchev–Trinajstić information content (AvgIpc) is 2.18. The second-order valence-electron chi connectivity index (χ2n) is 2.87. The summed E-state index contributed by atoms with van der Waals surface area (Å²) in [6.45, 7) is 0. The van der Waals surface area contributed by atoms with Gasteiger partial charge in [0.25, 0.3) is 5.09 Å². The molecule has 0 aliphatic rings. The minimum Gasteiger partial charge on any atom is -0.480 e. The van der Waals surface area contributed by atoms with Crippen molar-refractivity contribution in [1.82, 2.24) is 0 Å². The first-order valence-corrected chi connectivity index (χ1v) is 4.29. The maximum Gasteiger partial charge on any atom is 0.320 e. The lowest BCUT2D eigenvalue weighted by Gasteiger charge is -2.04. The number of nitrogens with zero attached hydrogens (tertiary/aromatic N) is 1. The van der Waals surface area contributed by atoms with E-state index in [0.717, 1.165) is 5.56 Å². The highest BCUT2D eigenvalue weighted by atomic mass is 16.9. The van der Waals surface area contributed by atoms with Gasteiger partial charge in [0.05, 0.1) is 0 Å². The third-order valence-electron chi connectivity index (χ3n) is 1.62. The van der Waals surface area contributed by atoms with E-state index in [1.165, 1.54) is 0 Å². The molecule has 0 radical (unpaired) electrons. The molecule has 0 saturated carbocycles. The Balaban J connectivity index is 0.000000487. The fraction of sp³-hybridized carbons (Fsp3) is 0.222. The monoisotopic (exact) mass is 228 g/mol. The van der Waals surface area contributed by atoms with Gasteiger partial charge in [-0.3, -0.25) is 4.79 Å². The molecular formula is C9H12N2O5. The van der Waals surface area contributed by atoms with E-state index in [1.807, 2.05) is 30.3 Å². The summed E-state index contributed by atoms with van der Waals surface area (Å²) in [5.41, 5.74) is 6.30. The third kappa shape index (κ3) is 7.27. The Hall–Kier alpha value is -2.15. The molecule has 0 saturated heterocycles. The van der Waals surface area contributed by atoms with Crippen molar-refractivity contribution in [2.24, 2.45) is 5.73 Å². The standard InChI is InChI=1S/C9H11NO2.HNO3/c10-8(9(11)12)6-7-4-2-1-3-5-7;2-1(3)4/h1-5,8H,6,10H2,(H,11,12);(H,2,3,4). The van der Waals surface area contributed by atoms with Gasteiger partial charge in [-0.15, -0.1) is 10.1 Å². The molecule has 0 amide bonds. The highest BCUT2D eigenvalue weighted by Gasteiger charge is 2.10. The summed E-state index contributed by atoms with van der Waals surface area (Å²) in [6, 6.07) is 8.54. The molecule has 7 nitrogen and oxygen atoms in total. The summed E-state index contributed by atoms with van der Waals surface area (Å²) < 4.78 is 0. The molecule has 0 bridgehead atoms. The Labute approximate surface area is 91.2 Å². The predicted molar refractivity (Wildman–Crippen MR) is 54.5 cm³/mol. The first-order valence-electron chi connectivity index (χ1n) is 4.29. The van der Waals surface area contributed by atoms with Crippen LogP contribution < -0.4 is 5.73 Å². The lowest BCUT2D eigenvalue weighted by atomic mass is 10.1. The van der Waals surface area contributed by atoms with Crippen LogP contribution in [0.25, 0.3) is 0 Å². The first-order chi connectivity index (χ1) is 7.43. The number of aliphatic carboxylic acids is 1. The van der Waals surface area contributed by atoms with E-state index in [2.05, 4.69) is 0 Å². The van der Waals surface area contributed by atoms with E-state index in [0.29, 0.717) is 6.42 Å². The van der Waals surface area contributed by atoms with Crippen molar-refractivity contribution >= 4 is 5.97 Å². The van der Waals surface area contributed by atoms with Crippen molar-refractivity contribution in [1.29, 1.82) is 0 Å². The molecule has 88 valence electrons. The van der Waals surface area contributed by atoms with Crippen LogP contribution in [0.15, 0.2) is 30.3 Å². The molecule has 0 fully saturated rings. The summed E-state index contributed by atoms with van der Waals surface area (Å²) in [7, 11) is 0. The van der Waals surface area contributed by atoms with Crippen LogP contribution in [-0.2, 0) is 11.2 Å². The molecule has 1 unspecified atom stereocenters. The van der Waals surface area contributed by atoms with Gasteiger partial charge in [0.1, 0.15) is 6.04 Å². The zero-order chi connectivity index (χ0) is 12.6. The summed E-state index contributed by atoms with van der Waals surface area (Å²) in [5.74, 6) is -0.959. The molecule has 0 aliphatic carbocycles. The number of hydrogen-bond acceptors (Lipinski definition) is 4. The Kier molecular flexibility index (Phi) is 6.22. The summed E-state index contributed by atoms with van der Waals surface area (Å²) >= 11 is 0. The van der Waals surface area contributed by atoms with Gasteiger partial charge in [0, 0.05) is 0 Å². The maximum absolute atomic E-state index is 10.4. The molecule has 0 aromatic heterocycles. The number of carboxylic acids is 1. The van der Waals surface area contributed by atoms with Crippen LogP contribution in [0.3, 0.4) is 0 Å². The van der Waals surface area contributed by atoms with Crippen molar-refractivity contribution in [3.05, 3.63) is 46.0 Å². The van der Waals surface area contributed by atoms with Gasteiger partial charge in [0.2, 0.25) is 0 Å². The van der Waals surface area contributed by atoms with Crippen LogP contribution in [0.1, 0.15) is 5.56 Å². The van der Waals surface area contributed by atoms with E-state index < -0.39 is 17.1 Å². The molecule has 1 atom stereocenters. The normalized spacial score (nSPS) is 10.8. The molecule has 1 aromatic carbocycles. The summed E-state index contributed by atoms with van der Waals surface area (Å²) in [5, 5.41) is 22.2. The topological polar surface area (TPSA) is 127 Å². The van der Waals surface area contributed by atoms with E-state index in [1.54, 1.807) is 0 Å². The van der Waals surface area contributed by atoms with Crippen LogP contribution in [-0.4, -0.2) is 27.4 Å². The molecule has 16 heavy (non-hydrogen) atoms. The number of nitrogens with two attached hydrogens (primary N) is 1. The minimum absolute atomic E-state index is 0.385. The smallest absolute Gasteiger partial charge is 0.320 e. The number of benzene rings is 1. The molecule has 0 spiro atoms.